The van der Waals surface area contributed by atoms with Gasteiger partial charge in [-0.2, -0.15) is 0 Å². The quantitative estimate of drug-likeness (QED) is 0.758. The van der Waals surface area contributed by atoms with Crippen LogP contribution in [0, 0.1) is 5.41 Å². The second kappa shape index (κ2) is 6.46. The molecule has 2 aliphatic rings. The van der Waals surface area contributed by atoms with Gasteiger partial charge in [0.05, 0.1) is 0 Å². The van der Waals surface area contributed by atoms with Crippen LogP contribution in [0.15, 0.2) is 17.0 Å². The first kappa shape index (κ1) is 15.0. The number of fused-ring (bicyclic) bond motifs is 1. The summed E-state index contributed by atoms with van der Waals surface area (Å²) in [7, 11) is 0. The van der Waals surface area contributed by atoms with E-state index in [1.54, 1.807) is 11.8 Å². The summed E-state index contributed by atoms with van der Waals surface area (Å²) in [6.07, 6.45) is 5.47. The van der Waals surface area contributed by atoms with E-state index in [4.69, 9.17) is 14.6 Å². The van der Waals surface area contributed by atoms with Crippen LogP contribution < -0.4 is 14.8 Å². The van der Waals surface area contributed by atoms with Gasteiger partial charge in [0.25, 0.3) is 0 Å². The molecule has 0 aromatic heterocycles. The highest BCUT2D eigenvalue weighted by molar-refractivity contribution is 7.98. The van der Waals surface area contributed by atoms with Crippen LogP contribution in [0.4, 0.5) is 0 Å². The van der Waals surface area contributed by atoms with E-state index in [2.05, 4.69) is 23.7 Å². The number of aliphatic hydroxyl groups is 1. The van der Waals surface area contributed by atoms with Crippen molar-refractivity contribution in [3.63, 3.8) is 0 Å². The van der Waals surface area contributed by atoms with Crippen LogP contribution >= 0.6 is 11.8 Å². The summed E-state index contributed by atoms with van der Waals surface area (Å²) in [4.78, 5) is 1.23. The van der Waals surface area contributed by atoms with Gasteiger partial charge in [0.1, 0.15) is 13.2 Å². The molecule has 0 spiro atoms. The minimum Gasteiger partial charge on any atom is -0.486 e. The molecule has 0 saturated heterocycles. The average molecular weight is 309 g/mol. The smallest absolute Gasteiger partial charge is 0.162 e. The summed E-state index contributed by atoms with van der Waals surface area (Å²) in [6.45, 7) is 3.36. The Labute approximate surface area is 130 Å². The number of aliphatic hydroxyl groups excluding tert-OH is 1. The maximum atomic E-state index is 9.11. The van der Waals surface area contributed by atoms with E-state index in [1.807, 2.05) is 0 Å². The molecule has 0 radical (unpaired) electrons. The fraction of sp³-hybridized carbons (Fsp3) is 0.625. The monoisotopic (exact) mass is 309 g/mol. The number of hydrogen-bond acceptors (Lipinski definition) is 5. The fourth-order valence-corrected chi connectivity index (χ4v) is 3.45. The summed E-state index contributed by atoms with van der Waals surface area (Å²) >= 11 is 1.74. The van der Waals surface area contributed by atoms with Crippen molar-refractivity contribution in [2.24, 2.45) is 5.41 Å². The van der Waals surface area contributed by atoms with Crippen LogP contribution in [-0.2, 0) is 6.54 Å². The maximum Gasteiger partial charge on any atom is 0.162 e. The summed E-state index contributed by atoms with van der Waals surface area (Å²) in [5, 5.41) is 12.7. The Bertz CT molecular complexity index is 503. The van der Waals surface area contributed by atoms with E-state index in [0.29, 0.717) is 25.2 Å². The summed E-state index contributed by atoms with van der Waals surface area (Å²) < 4.78 is 11.3. The molecular formula is C16H23NO3S. The molecule has 116 valence electrons. The molecule has 1 heterocycles. The third kappa shape index (κ3) is 3.47. The number of nitrogens with one attached hydrogen (secondary N) is 1. The molecule has 0 bridgehead atoms. The first-order valence-corrected chi connectivity index (χ1v) is 8.77. The van der Waals surface area contributed by atoms with Gasteiger partial charge in [-0.05, 0) is 48.6 Å². The van der Waals surface area contributed by atoms with Crippen molar-refractivity contribution in [1.29, 1.82) is 0 Å². The lowest BCUT2D eigenvalue weighted by molar-refractivity contribution is 0.171. The highest BCUT2D eigenvalue weighted by Gasteiger charge is 2.41. The molecule has 1 aliphatic carbocycles. The molecule has 0 unspecified atom stereocenters. The van der Waals surface area contributed by atoms with Gasteiger partial charge in [-0.3, -0.25) is 0 Å². The topological polar surface area (TPSA) is 50.7 Å². The van der Waals surface area contributed by atoms with Gasteiger partial charge in [-0.1, -0.05) is 0 Å². The molecule has 5 heteroatoms. The van der Waals surface area contributed by atoms with Crippen molar-refractivity contribution in [1.82, 2.24) is 5.32 Å². The van der Waals surface area contributed by atoms with Crippen molar-refractivity contribution in [2.75, 3.05) is 32.6 Å². The van der Waals surface area contributed by atoms with Crippen LogP contribution in [0.3, 0.4) is 0 Å². The van der Waals surface area contributed by atoms with Crippen LogP contribution in [0.5, 0.6) is 11.5 Å². The standard InChI is InChI=1S/C16H23NO3S/c1-21-15-9-14-13(19-6-7-20-14)8-12(15)10-17-11-16(2-3-16)4-5-18/h8-9,17-18H,2-7,10-11H2,1H3. The Hall–Kier alpha value is -0.910. The van der Waals surface area contributed by atoms with Gasteiger partial charge in [-0.15, -0.1) is 11.8 Å². The Balaban J connectivity index is 1.64. The number of thioether (sulfide) groups is 1. The molecule has 1 saturated carbocycles. The largest absolute Gasteiger partial charge is 0.486 e. The molecule has 3 rings (SSSR count). The first-order valence-electron chi connectivity index (χ1n) is 7.54. The lowest BCUT2D eigenvalue weighted by Crippen LogP contribution is -2.25. The second-order valence-corrected chi connectivity index (χ2v) is 6.73. The van der Waals surface area contributed by atoms with E-state index in [-0.39, 0.29) is 0 Å². The van der Waals surface area contributed by atoms with Gasteiger partial charge in [-0.25, -0.2) is 0 Å². The number of benzene rings is 1. The van der Waals surface area contributed by atoms with Gasteiger partial charge in [0.2, 0.25) is 0 Å². The van der Waals surface area contributed by atoms with E-state index >= 15 is 0 Å². The number of hydrogen-bond donors (Lipinski definition) is 2. The van der Waals surface area contributed by atoms with E-state index in [9.17, 15) is 0 Å². The van der Waals surface area contributed by atoms with Crippen molar-refractivity contribution in [3.05, 3.63) is 17.7 Å². The predicted octanol–water partition coefficient (Wildman–Crippen LogP) is 2.43. The Morgan fingerprint density at radius 1 is 1.24 bits per heavy atom. The maximum absolute atomic E-state index is 9.11. The summed E-state index contributed by atoms with van der Waals surface area (Å²) in [5.74, 6) is 1.71. The van der Waals surface area contributed by atoms with Crippen LogP contribution in [0.2, 0.25) is 0 Å². The van der Waals surface area contributed by atoms with E-state index in [0.717, 1.165) is 31.0 Å². The molecular weight excluding hydrogens is 286 g/mol. The molecule has 1 aromatic carbocycles. The average Bonchev–Trinajstić information content (AvgIpc) is 3.26. The highest BCUT2D eigenvalue weighted by atomic mass is 32.2. The van der Waals surface area contributed by atoms with Gasteiger partial charge in [0, 0.05) is 24.6 Å². The van der Waals surface area contributed by atoms with Gasteiger partial charge < -0.3 is 19.9 Å². The molecule has 1 aromatic rings. The van der Waals surface area contributed by atoms with Crippen molar-refractivity contribution in [3.8, 4) is 11.5 Å². The van der Waals surface area contributed by atoms with Crippen LogP contribution in [-0.4, -0.2) is 37.7 Å². The zero-order valence-corrected chi connectivity index (χ0v) is 13.3. The predicted molar refractivity (Wildman–Crippen MR) is 84.3 cm³/mol. The lowest BCUT2D eigenvalue weighted by atomic mass is 10.0. The minimum atomic E-state index is 0.293. The van der Waals surface area contributed by atoms with Crippen LogP contribution in [0.25, 0.3) is 0 Å². The van der Waals surface area contributed by atoms with Crippen molar-refractivity contribution in [2.45, 2.75) is 30.7 Å². The van der Waals surface area contributed by atoms with Gasteiger partial charge >= 0.3 is 0 Å². The molecule has 21 heavy (non-hydrogen) atoms. The molecule has 1 aliphatic heterocycles. The first-order chi connectivity index (χ1) is 10.3. The summed E-state index contributed by atoms with van der Waals surface area (Å²) in [5.41, 5.74) is 1.61. The lowest BCUT2D eigenvalue weighted by Gasteiger charge is -2.21. The van der Waals surface area contributed by atoms with Crippen molar-refractivity contribution < 1.29 is 14.6 Å². The second-order valence-electron chi connectivity index (χ2n) is 5.88. The van der Waals surface area contributed by atoms with Crippen LogP contribution in [0.1, 0.15) is 24.8 Å². The molecule has 4 nitrogen and oxygen atoms in total. The third-order valence-corrected chi connectivity index (χ3v) is 5.18. The SMILES string of the molecule is CSc1cc2c(cc1CNCC1(CCO)CC1)OCCO2. The Kier molecular flexibility index (Phi) is 4.62. The number of rotatable bonds is 7. The number of ether oxygens (including phenoxy) is 2. The summed E-state index contributed by atoms with van der Waals surface area (Å²) in [6, 6.07) is 4.18. The fourth-order valence-electron chi connectivity index (χ4n) is 2.83. The van der Waals surface area contributed by atoms with E-state index in [1.165, 1.54) is 23.3 Å². The van der Waals surface area contributed by atoms with Crippen molar-refractivity contribution >= 4 is 11.8 Å². The highest BCUT2D eigenvalue weighted by Crippen LogP contribution is 2.48. The third-order valence-electron chi connectivity index (χ3n) is 4.36. The normalized spacial score (nSPS) is 18.6. The zero-order valence-electron chi connectivity index (χ0n) is 12.5. The van der Waals surface area contributed by atoms with Gasteiger partial charge in [0.15, 0.2) is 11.5 Å². The zero-order chi connectivity index (χ0) is 14.7. The molecule has 2 N–H and O–H groups in total. The Morgan fingerprint density at radius 2 is 1.95 bits per heavy atom. The molecule has 0 amide bonds. The Morgan fingerprint density at radius 3 is 2.57 bits per heavy atom. The van der Waals surface area contributed by atoms with E-state index < -0.39 is 0 Å². The molecule has 0 atom stereocenters. The minimum absolute atomic E-state index is 0.293. The molecule has 1 fully saturated rings.